The van der Waals surface area contributed by atoms with Gasteiger partial charge >= 0.3 is 0 Å². The monoisotopic (exact) mass is 353 g/mol. The molecule has 0 amide bonds. The second-order valence-corrected chi connectivity index (χ2v) is 6.18. The molecule has 0 saturated carbocycles. The molecule has 1 aromatic rings. The maximum atomic E-state index is 5.36. The van der Waals surface area contributed by atoms with Crippen LogP contribution >= 0.6 is 15.9 Å². The molecule has 1 aromatic carbocycles. The lowest BCUT2D eigenvalue weighted by molar-refractivity contribution is 0.411. The predicted octanol–water partition coefficient (Wildman–Crippen LogP) is 5.63. The van der Waals surface area contributed by atoms with Crippen LogP contribution in [-0.4, -0.2) is 13.7 Å². The lowest BCUT2D eigenvalue weighted by Gasteiger charge is -2.21. The van der Waals surface area contributed by atoms with E-state index >= 15 is 0 Å². The van der Waals surface area contributed by atoms with Crippen LogP contribution < -0.4 is 10.1 Å². The molecule has 1 unspecified atom stereocenters. The van der Waals surface area contributed by atoms with Crippen LogP contribution in [0.5, 0.6) is 5.75 Å². The summed E-state index contributed by atoms with van der Waals surface area (Å²) in [5, 5.41) is 3.66. The molecule has 0 bridgehead atoms. The van der Waals surface area contributed by atoms with Crippen molar-refractivity contribution in [1.82, 2.24) is 5.32 Å². The highest BCUT2D eigenvalue weighted by Gasteiger charge is 2.14. The van der Waals surface area contributed by atoms with Crippen LogP contribution in [0.25, 0.3) is 0 Å². The van der Waals surface area contributed by atoms with Crippen molar-refractivity contribution in [1.29, 1.82) is 0 Å². The minimum atomic E-state index is 0.387. The molecule has 1 atom stereocenters. The fourth-order valence-electron chi connectivity index (χ4n) is 2.42. The topological polar surface area (TPSA) is 21.3 Å². The summed E-state index contributed by atoms with van der Waals surface area (Å²) >= 11 is 3.68. The van der Waals surface area contributed by atoms with Crippen molar-refractivity contribution in [3.8, 4) is 5.75 Å². The summed E-state index contributed by atoms with van der Waals surface area (Å²) in [5.41, 5.74) is 1.30. The Labute approximate surface area is 138 Å². The number of benzene rings is 1. The number of hydrogen-bond acceptors (Lipinski definition) is 2. The summed E-state index contributed by atoms with van der Waals surface area (Å²) < 4.78 is 6.52. The Hall–Kier alpha value is -0.800. The third-order valence-electron chi connectivity index (χ3n) is 3.62. The first-order valence-corrected chi connectivity index (χ1v) is 8.70. The van der Waals surface area contributed by atoms with E-state index in [1.807, 2.05) is 12.1 Å². The highest BCUT2D eigenvalue weighted by Crippen LogP contribution is 2.30. The Balaban J connectivity index is 2.69. The van der Waals surface area contributed by atoms with Gasteiger partial charge in [0.25, 0.3) is 0 Å². The number of rotatable bonds is 11. The molecule has 0 aliphatic heterocycles. The summed E-state index contributed by atoms with van der Waals surface area (Å²) in [6.45, 7) is 7.03. The molecule has 118 valence electrons. The molecule has 1 N–H and O–H groups in total. The molecule has 3 heteroatoms. The number of halogens is 1. The number of nitrogens with one attached hydrogen (secondary N) is 1. The average molecular weight is 354 g/mol. The third kappa shape index (κ3) is 6.66. The van der Waals surface area contributed by atoms with Gasteiger partial charge in [-0.25, -0.2) is 0 Å². The van der Waals surface area contributed by atoms with Crippen molar-refractivity contribution in [2.75, 3.05) is 13.7 Å². The molecule has 2 nitrogen and oxygen atoms in total. The van der Waals surface area contributed by atoms with Gasteiger partial charge < -0.3 is 10.1 Å². The molecule has 0 radical (unpaired) electrons. The van der Waals surface area contributed by atoms with E-state index < -0.39 is 0 Å². The fourth-order valence-corrected chi connectivity index (χ4v) is 2.94. The van der Waals surface area contributed by atoms with E-state index in [4.69, 9.17) is 4.74 Å². The summed E-state index contributed by atoms with van der Waals surface area (Å²) in [7, 11) is 1.72. The number of methoxy groups -OCH3 is 1. The fraction of sp³-hybridized carbons (Fsp3) is 0.556. The van der Waals surface area contributed by atoms with Gasteiger partial charge in [0.2, 0.25) is 0 Å². The van der Waals surface area contributed by atoms with Crippen LogP contribution in [0, 0.1) is 0 Å². The first-order valence-electron chi connectivity index (χ1n) is 7.90. The van der Waals surface area contributed by atoms with E-state index in [1.165, 1.54) is 24.8 Å². The summed E-state index contributed by atoms with van der Waals surface area (Å²) in [6, 6.07) is 6.60. The Morgan fingerprint density at radius 3 is 2.81 bits per heavy atom. The Kier molecular flexibility index (Phi) is 9.44. The Morgan fingerprint density at radius 2 is 2.14 bits per heavy atom. The minimum absolute atomic E-state index is 0.387. The van der Waals surface area contributed by atoms with Gasteiger partial charge in [-0.05, 0) is 56.0 Å². The van der Waals surface area contributed by atoms with Crippen molar-refractivity contribution in [2.45, 2.75) is 51.5 Å². The first kappa shape index (κ1) is 18.2. The van der Waals surface area contributed by atoms with Gasteiger partial charge in [-0.15, -0.1) is 6.58 Å². The summed E-state index contributed by atoms with van der Waals surface area (Å²) in [4.78, 5) is 0. The normalized spacial score (nSPS) is 12.1. The predicted molar refractivity (Wildman–Crippen MR) is 95.0 cm³/mol. The number of hydrogen-bond donors (Lipinski definition) is 1. The second kappa shape index (κ2) is 10.9. The quantitative estimate of drug-likeness (QED) is 0.410. The molecule has 0 fully saturated rings. The van der Waals surface area contributed by atoms with Crippen LogP contribution in [0.15, 0.2) is 35.3 Å². The molecule has 0 heterocycles. The molecular weight excluding hydrogens is 326 g/mol. The van der Waals surface area contributed by atoms with Crippen molar-refractivity contribution < 1.29 is 4.74 Å². The summed E-state index contributed by atoms with van der Waals surface area (Å²) in [6.07, 6.45) is 9.17. The van der Waals surface area contributed by atoms with Gasteiger partial charge in [0.1, 0.15) is 5.75 Å². The molecule has 0 spiro atoms. The van der Waals surface area contributed by atoms with Crippen molar-refractivity contribution >= 4 is 15.9 Å². The zero-order valence-corrected chi connectivity index (χ0v) is 14.9. The number of allylic oxidation sites excluding steroid dienone is 1. The molecule has 0 saturated heterocycles. The highest BCUT2D eigenvalue weighted by atomic mass is 79.9. The minimum Gasteiger partial charge on any atom is -0.497 e. The molecule has 1 rings (SSSR count). The highest BCUT2D eigenvalue weighted by molar-refractivity contribution is 9.10. The van der Waals surface area contributed by atoms with Gasteiger partial charge in [0.15, 0.2) is 0 Å². The smallest absolute Gasteiger partial charge is 0.119 e. The van der Waals surface area contributed by atoms with Crippen LogP contribution in [0.3, 0.4) is 0 Å². The summed E-state index contributed by atoms with van der Waals surface area (Å²) in [5.74, 6) is 0.920. The first-order chi connectivity index (χ1) is 10.2. The Bertz CT molecular complexity index is 420. The SMILES string of the molecule is C=CCCCCCC(NCCC)c1cc(OC)ccc1Br. The van der Waals surface area contributed by atoms with Crippen molar-refractivity contribution in [2.24, 2.45) is 0 Å². The Morgan fingerprint density at radius 1 is 1.33 bits per heavy atom. The van der Waals surface area contributed by atoms with Gasteiger partial charge in [0, 0.05) is 10.5 Å². The average Bonchev–Trinajstić information content (AvgIpc) is 2.51. The zero-order chi connectivity index (χ0) is 15.5. The molecule has 21 heavy (non-hydrogen) atoms. The standard InChI is InChI=1S/C18H28BrNO/c1-4-6-7-8-9-10-18(20-13-5-2)16-14-15(21-3)11-12-17(16)19/h4,11-12,14,18,20H,1,5-10,13H2,2-3H3. The molecule has 0 aliphatic carbocycles. The number of unbranched alkanes of at least 4 members (excludes halogenated alkanes) is 3. The van der Waals surface area contributed by atoms with Gasteiger partial charge in [-0.2, -0.15) is 0 Å². The van der Waals surface area contributed by atoms with E-state index in [0.717, 1.165) is 36.0 Å². The van der Waals surface area contributed by atoms with Gasteiger partial charge in [0.05, 0.1) is 7.11 Å². The molecular formula is C18H28BrNO. The largest absolute Gasteiger partial charge is 0.497 e. The van der Waals surface area contributed by atoms with E-state index in [1.54, 1.807) is 7.11 Å². The van der Waals surface area contributed by atoms with Crippen LogP contribution in [0.1, 0.15) is 57.1 Å². The lowest BCUT2D eigenvalue weighted by Crippen LogP contribution is -2.22. The van der Waals surface area contributed by atoms with Crippen LogP contribution in [0.4, 0.5) is 0 Å². The second-order valence-electron chi connectivity index (χ2n) is 5.32. The van der Waals surface area contributed by atoms with E-state index in [-0.39, 0.29) is 0 Å². The van der Waals surface area contributed by atoms with Crippen molar-refractivity contribution in [3.05, 3.63) is 40.9 Å². The maximum absolute atomic E-state index is 5.36. The van der Waals surface area contributed by atoms with E-state index in [0.29, 0.717) is 6.04 Å². The molecule has 0 aliphatic rings. The van der Waals surface area contributed by atoms with Crippen LogP contribution in [0.2, 0.25) is 0 Å². The van der Waals surface area contributed by atoms with E-state index in [9.17, 15) is 0 Å². The number of ether oxygens (including phenoxy) is 1. The zero-order valence-electron chi connectivity index (χ0n) is 13.3. The van der Waals surface area contributed by atoms with Crippen LogP contribution in [-0.2, 0) is 0 Å². The lowest BCUT2D eigenvalue weighted by atomic mass is 9.99. The van der Waals surface area contributed by atoms with Gasteiger partial charge in [-0.1, -0.05) is 41.8 Å². The van der Waals surface area contributed by atoms with Gasteiger partial charge in [-0.3, -0.25) is 0 Å². The van der Waals surface area contributed by atoms with Crippen molar-refractivity contribution in [3.63, 3.8) is 0 Å². The maximum Gasteiger partial charge on any atom is 0.119 e. The molecule has 0 aromatic heterocycles. The van der Waals surface area contributed by atoms with E-state index in [2.05, 4.69) is 46.9 Å². The third-order valence-corrected chi connectivity index (χ3v) is 4.34.